The molecule has 1 aliphatic carbocycles. The van der Waals surface area contributed by atoms with Crippen molar-refractivity contribution in [2.75, 3.05) is 12.4 Å². The van der Waals surface area contributed by atoms with Crippen LogP contribution >= 0.6 is 11.6 Å². The molecule has 33 heavy (non-hydrogen) atoms. The molecule has 0 unspecified atom stereocenters. The molecule has 1 N–H and O–H groups in total. The maximum absolute atomic E-state index is 13.5. The number of benzene rings is 2. The van der Waals surface area contributed by atoms with E-state index in [0.717, 1.165) is 22.7 Å². The minimum absolute atomic E-state index is 0.316. The number of halogens is 2. The van der Waals surface area contributed by atoms with Crippen LogP contribution in [0.15, 0.2) is 77.1 Å². The summed E-state index contributed by atoms with van der Waals surface area (Å²) in [6.45, 7) is 1.89. The summed E-state index contributed by atoms with van der Waals surface area (Å²) in [6, 6.07) is 12.0. The van der Waals surface area contributed by atoms with Crippen molar-refractivity contribution in [3.05, 3.63) is 94.8 Å². The number of guanidine groups is 1. The van der Waals surface area contributed by atoms with E-state index in [-0.39, 0.29) is 0 Å². The molecule has 0 radical (unpaired) electrons. The van der Waals surface area contributed by atoms with E-state index >= 15 is 0 Å². The number of hydrogen-bond donors (Lipinski definition) is 1. The third kappa shape index (κ3) is 4.92. The van der Waals surface area contributed by atoms with Gasteiger partial charge in [0, 0.05) is 36.5 Å². The Morgan fingerprint density at radius 1 is 1.27 bits per heavy atom. The highest BCUT2D eigenvalue weighted by atomic mass is 35.5. The molecule has 0 fully saturated rings. The van der Waals surface area contributed by atoms with Crippen LogP contribution < -0.4 is 5.32 Å². The second-order valence-electron chi connectivity index (χ2n) is 7.33. The molecular weight excluding hydrogens is 439 g/mol. The predicted molar refractivity (Wildman–Crippen MR) is 131 cm³/mol. The lowest BCUT2D eigenvalue weighted by Gasteiger charge is -2.16. The molecule has 0 saturated carbocycles. The summed E-state index contributed by atoms with van der Waals surface area (Å²) in [5, 5.41) is 13.1. The quantitative estimate of drug-likeness (QED) is 0.402. The van der Waals surface area contributed by atoms with Crippen molar-refractivity contribution in [1.82, 2.24) is 9.55 Å². The van der Waals surface area contributed by atoms with Crippen LogP contribution in [0.4, 0.5) is 10.1 Å². The van der Waals surface area contributed by atoms with Crippen molar-refractivity contribution in [1.29, 1.82) is 5.26 Å². The van der Waals surface area contributed by atoms with Crippen molar-refractivity contribution >= 4 is 34.5 Å². The van der Waals surface area contributed by atoms with Gasteiger partial charge in [-0.25, -0.2) is 14.4 Å². The number of anilines is 1. The average Bonchev–Trinajstić information content (AvgIpc) is 3.25. The van der Waals surface area contributed by atoms with E-state index in [1.165, 1.54) is 12.1 Å². The lowest BCUT2D eigenvalue weighted by molar-refractivity contribution is 0.628. The van der Waals surface area contributed by atoms with Gasteiger partial charge in [-0.2, -0.15) is 5.26 Å². The lowest BCUT2D eigenvalue weighted by Crippen LogP contribution is -2.15. The van der Waals surface area contributed by atoms with Crippen molar-refractivity contribution in [3.8, 4) is 11.8 Å². The van der Waals surface area contributed by atoms with Crippen molar-refractivity contribution in [2.45, 2.75) is 13.3 Å². The van der Waals surface area contributed by atoms with Gasteiger partial charge >= 0.3 is 0 Å². The number of hydrogen-bond acceptors (Lipinski definition) is 3. The minimum atomic E-state index is -0.394. The fourth-order valence-corrected chi connectivity index (χ4v) is 3.75. The van der Waals surface area contributed by atoms with E-state index < -0.39 is 5.82 Å². The summed E-state index contributed by atoms with van der Waals surface area (Å²) in [4.78, 5) is 13.2. The number of rotatable bonds is 3. The highest BCUT2D eigenvalue weighted by Crippen LogP contribution is 2.29. The molecule has 0 amide bonds. The average molecular weight is 459 g/mol. The Kier molecular flexibility index (Phi) is 6.48. The first-order chi connectivity index (χ1) is 16.0. The second kappa shape index (κ2) is 9.63. The molecule has 8 heteroatoms. The Bertz CT molecular complexity index is 1370. The molecule has 0 bridgehead atoms. The number of nitrogens with zero attached hydrogens (tertiary/aromatic N) is 5. The van der Waals surface area contributed by atoms with E-state index in [9.17, 15) is 9.65 Å². The number of aromatic nitrogens is 2. The van der Waals surface area contributed by atoms with Gasteiger partial charge in [-0.3, -0.25) is 4.99 Å². The molecule has 6 nitrogen and oxygen atoms in total. The summed E-state index contributed by atoms with van der Waals surface area (Å²) >= 11 is 6.29. The molecular formula is C25H20ClFN6. The van der Waals surface area contributed by atoms with Gasteiger partial charge in [0.1, 0.15) is 11.9 Å². The molecule has 1 aromatic heterocycles. The van der Waals surface area contributed by atoms with Crippen molar-refractivity contribution in [2.24, 2.45) is 9.98 Å². The Balaban J connectivity index is 1.62. The third-order valence-corrected chi connectivity index (χ3v) is 5.37. The van der Waals surface area contributed by atoms with E-state index in [2.05, 4.69) is 21.4 Å². The smallest absolute Gasteiger partial charge is 0.222 e. The largest absolute Gasteiger partial charge is 0.324 e. The zero-order chi connectivity index (χ0) is 23.4. The number of allylic oxidation sites excluding steroid dienone is 4. The monoisotopic (exact) mass is 458 g/mol. The van der Waals surface area contributed by atoms with Crippen LogP contribution in [0.25, 0.3) is 11.3 Å². The van der Waals surface area contributed by atoms with E-state index in [1.54, 1.807) is 25.5 Å². The van der Waals surface area contributed by atoms with Gasteiger partial charge < -0.3 is 9.88 Å². The first-order valence-electron chi connectivity index (χ1n) is 10.2. The summed E-state index contributed by atoms with van der Waals surface area (Å²) in [6.07, 6.45) is 9.89. The highest BCUT2D eigenvalue weighted by Gasteiger charge is 2.16. The van der Waals surface area contributed by atoms with Crippen LogP contribution in [0.3, 0.4) is 0 Å². The molecule has 2 aromatic carbocycles. The molecule has 0 saturated heterocycles. The lowest BCUT2D eigenvalue weighted by atomic mass is 9.95. The molecule has 164 valence electrons. The first-order valence-corrected chi connectivity index (χ1v) is 10.6. The van der Waals surface area contributed by atoms with Gasteiger partial charge in [0.15, 0.2) is 0 Å². The topological polar surface area (TPSA) is 78.4 Å². The summed E-state index contributed by atoms with van der Waals surface area (Å²) in [5.41, 5.74) is 5.00. The van der Waals surface area contributed by atoms with Crippen molar-refractivity contribution < 1.29 is 4.39 Å². The van der Waals surface area contributed by atoms with Gasteiger partial charge in [0.05, 0.1) is 34.0 Å². The summed E-state index contributed by atoms with van der Waals surface area (Å²) in [5.74, 6) is -0.0196. The number of imidazole rings is 1. The number of aryl methyl sites for hydroxylation is 1. The molecule has 3 aromatic rings. The van der Waals surface area contributed by atoms with Crippen LogP contribution in [-0.2, 0) is 0 Å². The summed E-state index contributed by atoms with van der Waals surface area (Å²) < 4.78 is 15.3. The van der Waals surface area contributed by atoms with E-state index in [0.29, 0.717) is 34.2 Å². The Hall–Kier alpha value is -4.02. The number of nitriles is 1. The predicted octanol–water partition coefficient (Wildman–Crippen LogP) is 5.73. The Labute approximate surface area is 196 Å². The van der Waals surface area contributed by atoms with Crippen LogP contribution in [0.5, 0.6) is 0 Å². The number of aliphatic imine (C=N–C) groups is 2. The van der Waals surface area contributed by atoms with Gasteiger partial charge in [-0.05, 0) is 43.3 Å². The normalized spacial score (nSPS) is 14.8. The van der Waals surface area contributed by atoms with Gasteiger partial charge in [-0.15, -0.1) is 0 Å². The van der Waals surface area contributed by atoms with Gasteiger partial charge in [0.2, 0.25) is 5.96 Å². The van der Waals surface area contributed by atoms with Crippen LogP contribution in [0.1, 0.15) is 23.2 Å². The van der Waals surface area contributed by atoms with E-state index in [4.69, 9.17) is 16.6 Å². The molecule has 0 aliphatic heterocycles. The van der Waals surface area contributed by atoms with Crippen LogP contribution in [0.2, 0.25) is 5.02 Å². The summed E-state index contributed by atoms with van der Waals surface area (Å²) in [7, 11) is 1.63. The second-order valence-corrected chi connectivity index (χ2v) is 7.74. The molecule has 4 rings (SSSR count). The fourth-order valence-electron chi connectivity index (χ4n) is 3.48. The first kappa shape index (κ1) is 22.2. The van der Waals surface area contributed by atoms with Crippen LogP contribution in [-0.4, -0.2) is 28.3 Å². The third-order valence-electron chi connectivity index (χ3n) is 5.06. The Morgan fingerprint density at radius 3 is 2.82 bits per heavy atom. The molecule has 0 atom stereocenters. The highest BCUT2D eigenvalue weighted by molar-refractivity contribution is 6.36. The molecule has 0 spiro atoms. The maximum atomic E-state index is 13.5. The SMILES string of the molecule is CN=C(/N=C1\CC=CC=C1c1ccc(F)cc1Cl)Nc1ccc(-n2cnc(C)c2)c(C#N)c1. The standard InChI is InChI=1S/C25H20ClFN6/c1-16-14-33(15-30-16)24-10-8-19(11-17(24)13-28)31-25(29-2)32-23-6-4-3-5-21(23)20-9-7-18(27)12-22(20)26/h3-5,7-12,14-15H,6H2,1-2H3,(H,29,31)/b32-23+. The maximum Gasteiger partial charge on any atom is 0.222 e. The minimum Gasteiger partial charge on any atom is -0.324 e. The van der Waals surface area contributed by atoms with E-state index in [1.807, 2.05) is 48.0 Å². The van der Waals surface area contributed by atoms with Crippen LogP contribution in [0, 0.1) is 24.1 Å². The fraction of sp³-hybridized carbons (Fsp3) is 0.120. The van der Waals surface area contributed by atoms with Crippen molar-refractivity contribution in [3.63, 3.8) is 0 Å². The zero-order valence-electron chi connectivity index (χ0n) is 18.0. The number of nitrogens with one attached hydrogen (secondary N) is 1. The van der Waals surface area contributed by atoms with Gasteiger partial charge in [-0.1, -0.05) is 29.8 Å². The molecule has 1 heterocycles. The van der Waals surface area contributed by atoms with Gasteiger partial charge in [0.25, 0.3) is 0 Å². The Morgan fingerprint density at radius 2 is 2.12 bits per heavy atom. The zero-order valence-corrected chi connectivity index (χ0v) is 18.8. The molecule has 1 aliphatic rings.